The van der Waals surface area contributed by atoms with Crippen molar-refractivity contribution in [2.45, 2.75) is 76.3 Å². The average molecular weight is 295 g/mol. The van der Waals surface area contributed by atoms with Gasteiger partial charge in [-0.1, -0.05) is 13.8 Å². The van der Waals surface area contributed by atoms with Gasteiger partial charge in [0.1, 0.15) is 0 Å². The lowest BCUT2D eigenvalue weighted by Crippen LogP contribution is -2.70. The predicted octanol–water partition coefficient (Wildman–Crippen LogP) is 1.67. The molecule has 1 saturated carbocycles. The first-order chi connectivity index (χ1) is 9.89. The summed E-state index contributed by atoms with van der Waals surface area (Å²) in [5, 5.41) is 7.12. The second-order valence-corrected chi connectivity index (χ2v) is 7.49. The van der Waals surface area contributed by atoms with Crippen LogP contribution in [0.15, 0.2) is 4.99 Å². The maximum Gasteiger partial charge on any atom is 0.191 e. The number of rotatable bonds is 3. The van der Waals surface area contributed by atoms with Crippen LogP contribution in [0.4, 0.5) is 0 Å². The summed E-state index contributed by atoms with van der Waals surface area (Å²) in [6.07, 6.45) is 5.33. The second kappa shape index (κ2) is 5.13. The molecule has 2 bridgehead atoms. The molecule has 2 aliphatic heterocycles. The summed E-state index contributed by atoms with van der Waals surface area (Å²) in [4.78, 5) is 4.39. The first-order valence-corrected chi connectivity index (χ1v) is 8.10. The quantitative estimate of drug-likeness (QED) is 0.614. The van der Waals surface area contributed by atoms with E-state index in [-0.39, 0.29) is 11.0 Å². The molecule has 2 heterocycles. The van der Waals surface area contributed by atoms with Gasteiger partial charge in [-0.2, -0.15) is 0 Å². The predicted molar refractivity (Wildman–Crippen MR) is 83.5 cm³/mol. The zero-order valence-electron chi connectivity index (χ0n) is 13.9. The minimum atomic E-state index is -0.0565. The van der Waals surface area contributed by atoms with Gasteiger partial charge in [-0.3, -0.25) is 4.99 Å². The molecule has 0 aromatic rings. The van der Waals surface area contributed by atoms with Gasteiger partial charge in [-0.05, 0) is 32.6 Å². The summed E-state index contributed by atoms with van der Waals surface area (Å²) in [6.45, 7) is 6.70. The molecular formula is C16H29N3O2. The van der Waals surface area contributed by atoms with E-state index < -0.39 is 0 Å². The monoisotopic (exact) mass is 295 g/mol. The van der Waals surface area contributed by atoms with Crippen LogP contribution in [0.5, 0.6) is 0 Å². The third kappa shape index (κ3) is 2.34. The van der Waals surface area contributed by atoms with Gasteiger partial charge in [0.25, 0.3) is 0 Å². The number of hydrogen-bond donors (Lipinski definition) is 2. The molecule has 0 spiro atoms. The normalized spacial score (nSPS) is 44.5. The van der Waals surface area contributed by atoms with Crippen LogP contribution in [-0.4, -0.2) is 50.0 Å². The van der Waals surface area contributed by atoms with Crippen LogP contribution >= 0.6 is 0 Å². The van der Waals surface area contributed by atoms with Crippen molar-refractivity contribution in [3.63, 3.8) is 0 Å². The van der Waals surface area contributed by atoms with Gasteiger partial charge in [0, 0.05) is 25.6 Å². The topological polar surface area (TPSA) is 54.9 Å². The van der Waals surface area contributed by atoms with Crippen LogP contribution in [0, 0.1) is 5.41 Å². The van der Waals surface area contributed by atoms with Gasteiger partial charge in [0.05, 0.1) is 23.9 Å². The van der Waals surface area contributed by atoms with Crippen molar-refractivity contribution in [3.8, 4) is 0 Å². The van der Waals surface area contributed by atoms with E-state index >= 15 is 0 Å². The Balaban J connectivity index is 1.57. The largest absolute Gasteiger partial charge is 0.378 e. The Bertz CT molecular complexity index is 437. The summed E-state index contributed by atoms with van der Waals surface area (Å²) in [6, 6.07) is 0.792. The van der Waals surface area contributed by atoms with Crippen LogP contribution in [0.3, 0.4) is 0 Å². The Hall–Kier alpha value is -0.810. The van der Waals surface area contributed by atoms with Crippen LogP contribution in [-0.2, 0) is 9.47 Å². The van der Waals surface area contributed by atoms with Crippen LogP contribution in [0.2, 0.25) is 0 Å². The van der Waals surface area contributed by atoms with Gasteiger partial charge in [-0.15, -0.1) is 0 Å². The van der Waals surface area contributed by atoms with Crippen molar-refractivity contribution in [1.29, 1.82) is 0 Å². The van der Waals surface area contributed by atoms with E-state index in [1.807, 2.05) is 7.05 Å². The highest BCUT2D eigenvalue weighted by Gasteiger charge is 2.58. The highest BCUT2D eigenvalue weighted by Crippen LogP contribution is 2.51. The van der Waals surface area contributed by atoms with Crippen LogP contribution < -0.4 is 10.6 Å². The maximum atomic E-state index is 5.90. The molecule has 3 rings (SSSR count). The van der Waals surface area contributed by atoms with Crippen LogP contribution in [0.1, 0.15) is 46.5 Å². The standard InChI is InChI=1S/C16H29N3O2/c1-15(2)13(9-16(15,3)20-5)19-14(17-4)18-11-8-10-6-7-12(11)21-10/h10-13H,6-9H2,1-5H3,(H2,17,18,19). The van der Waals surface area contributed by atoms with Crippen molar-refractivity contribution in [1.82, 2.24) is 10.6 Å². The van der Waals surface area contributed by atoms with Crippen molar-refractivity contribution in [2.75, 3.05) is 14.2 Å². The van der Waals surface area contributed by atoms with E-state index in [1.165, 1.54) is 12.8 Å². The lowest BCUT2D eigenvalue weighted by molar-refractivity contribution is -0.176. The summed E-state index contributed by atoms with van der Waals surface area (Å²) in [5.74, 6) is 0.896. The van der Waals surface area contributed by atoms with Crippen LogP contribution in [0.25, 0.3) is 0 Å². The molecule has 0 aromatic heterocycles. The number of nitrogens with zero attached hydrogens (tertiary/aromatic N) is 1. The van der Waals surface area contributed by atoms with Gasteiger partial charge in [-0.25, -0.2) is 0 Å². The molecule has 2 saturated heterocycles. The fourth-order valence-electron chi connectivity index (χ4n) is 4.02. The Labute approximate surface area is 127 Å². The van der Waals surface area contributed by atoms with E-state index in [0.717, 1.165) is 18.8 Å². The molecule has 3 fully saturated rings. The molecule has 5 heteroatoms. The third-order valence-electron chi connectivity index (χ3n) is 6.24. The fourth-order valence-corrected chi connectivity index (χ4v) is 4.02. The molecule has 0 aromatic carbocycles. The number of nitrogens with one attached hydrogen (secondary N) is 2. The molecule has 0 amide bonds. The van der Waals surface area contributed by atoms with Gasteiger partial charge in [0.15, 0.2) is 5.96 Å². The summed E-state index contributed by atoms with van der Waals surface area (Å²) in [7, 11) is 3.64. The number of methoxy groups -OCH3 is 1. The SMILES string of the molecule is CN=C(NC1CC2CCC1O2)NC1CC(C)(OC)C1(C)C. The van der Waals surface area contributed by atoms with Crippen molar-refractivity contribution in [3.05, 3.63) is 0 Å². The zero-order chi connectivity index (χ0) is 15.3. The number of ether oxygens (including phenoxy) is 2. The third-order valence-corrected chi connectivity index (χ3v) is 6.24. The van der Waals surface area contributed by atoms with E-state index in [2.05, 4.69) is 36.4 Å². The highest BCUT2D eigenvalue weighted by molar-refractivity contribution is 5.80. The van der Waals surface area contributed by atoms with Gasteiger partial charge >= 0.3 is 0 Å². The van der Waals surface area contributed by atoms with Crippen molar-refractivity contribution < 1.29 is 9.47 Å². The number of aliphatic imine (C=N–C) groups is 1. The Morgan fingerprint density at radius 1 is 1.24 bits per heavy atom. The summed E-state index contributed by atoms with van der Waals surface area (Å²) >= 11 is 0. The molecule has 5 unspecified atom stereocenters. The first kappa shape index (κ1) is 15.1. The molecular weight excluding hydrogens is 266 g/mol. The van der Waals surface area contributed by atoms with E-state index in [1.54, 1.807) is 7.11 Å². The molecule has 21 heavy (non-hydrogen) atoms. The molecule has 1 aliphatic carbocycles. The molecule has 3 aliphatic rings. The van der Waals surface area contributed by atoms with E-state index in [4.69, 9.17) is 9.47 Å². The number of guanidine groups is 1. The fraction of sp³-hybridized carbons (Fsp3) is 0.938. The Kier molecular flexibility index (Phi) is 3.69. The molecule has 5 atom stereocenters. The smallest absolute Gasteiger partial charge is 0.191 e. The zero-order valence-corrected chi connectivity index (χ0v) is 13.9. The van der Waals surface area contributed by atoms with Gasteiger partial charge in [0.2, 0.25) is 0 Å². The molecule has 0 radical (unpaired) electrons. The second-order valence-electron chi connectivity index (χ2n) is 7.49. The molecule has 5 nitrogen and oxygen atoms in total. The Morgan fingerprint density at radius 2 is 2.00 bits per heavy atom. The first-order valence-electron chi connectivity index (χ1n) is 8.10. The van der Waals surface area contributed by atoms with Crippen molar-refractivity contribution in [2.24, 2.45) is 10.4 Å². The van der Waals surface area contributed by atoms with Gasteiger partial charge < -0.3 is 20.1 Å². The maximum absolute atomic E-state index is 5.90. The summed E-state index contributed by atoms with van der Waals surface area (Å²) in [5.41, 5.74) is 0.0314. The minimum absolute atomic E-state index is 0.0565. The summed E-state index contributed by atoms with van der Waals surface area (Å²) < 4.78 is 11.6. The van der Waals surface area contributed by atoms with E-state index in [9.17, 15) is 0 Å². The average Bonchev–Trinajstić information content (AvgIpc) is 3.07. The molecule has 2 N–H and O–H groups in total. The lowest BCUT2D eigenvalue weighted by Gasteiger charge is -2.59. The van der Waals surface area contributed by atoms with E-state index in [0.29, 0.717) is 24.3 Å². The minimum Gasteiger partial charge on any atom is -0.378 e. The lowest BCUT2D eigenvalue weighted by atomic mass is 9.56. The number of fused-ring (bicyclic) bond motifs is 2. The Morgan fingerprint density at radius 3 is 2.48 bits per heavy atom. The highest BCUT2D eigenvalue weighted by atomic mass is 16.5. The van der Waals surface area contributed by atoms with Crippen molar-refractivity contribution >= 4 is 5.96 Å². The number of hydrogen-bond acceptors (Lipinski definition) is 3. The molecule has 120 valence electrons.